The molecule has 0 amide bonds. The van der Waals surface area contributed by atoms with Crippen LogP contribution in [-0.2, 0) is 39.1 Å². The van der Waals surface area contributed by atoms with E-state index in [2.05, 4.69) is 54.2 Å². The number of nitrogen functional groups attached to an aromatic ring is 1. The van der Waals surface area contributed by atoms with Gasteiger partial charge in [0.25, 0.3) is 0 Å². The maximum absolute atomic E-state index is 6.51. The number of rotatable bonds is 5. The van der Waals surface area contributed by atoms with E-state index in [9.17, 15) is 0 Å². The van der Waals surface area contributed by atoms with Crippen molar-refractivity contribution in [2.75, 3.05) is 25.4 Å². The second-order valence-corrected chi connectivity index (χ2v) is 9.79. The Morgan fingerprint density at radius 2 is 1.81 bits per heavy atom. The fraction of sp³-hybridized carbons (Fsp3) is 0.300. The van der Waals surface area contributed by atoms with Crippen LogP contribution < -0.4 is 5.73 Å². The topological polar surface area (TPSA) is 72.3 Å². The predicted octanol–water partition coefficient (Wildman–Crippen LogP) is 5.57. The van der Waals surface area contributed by atoms with Crippen molar-refractivity contribution in [2.45, 2.75) is 33.1 Å². The van der Waals surface area contributed by atoms with Gasteiger partial charge in [-0.1, -0.05) is 48.9 Å². The molecule has 0 unspecified atom stereocenters. The molecule has 4 heterocycles. The summed E-state index contributed by atoms with van der Waals surface area (Å²) < 4.78 is 1.96. The van der Waals surface area contributed by atoms with E-state index in [0.29, 0.717) is 11.6 Å². The van der Waals surface area contributed by atoms with E-state index in [0.717, 1.165) is 76.4 Å². The van der Waals surface area contributed by atoms with E-state index in [-0.39, 0.29) is 32.7 Å². The molecule has 0 saturated carbocycles. The Kier molecular flexibility index (Phi) is 7.71. The molecular weight excluding hydrogens is 533 g/mol. The van der Waals surface area contributed by atoms with E-state index in [4.69, 9.17) is 15.7 Å². The summed E-state index contributed by atoms with van der Waals surface area (Å²) in [7, 11) is 0. The first kappa shape index (κ1) is 26.0. The molecule has 0 atom stereocenters. The molecule has 0 bridgehead atoms. The van der Waals surface area contributed by atoms with Crippen molar-refractivity contribution in [2.24, 2.45) is 5.92 Å². The molecule has 0 spiro atoms. The number of nitrogens with zero attached hydrogens (tertiary/aromatic N) is 5. The van der Waals surface area contributed by atoms with Gasteiger partial charge in [-0.15, -0.1) is 23.6 Å². The van der Waals surface area contributed by atoms with Crippen LogP contribution in [0.3, 0.4) is 0 Å². The Hall–Kier alpha value is -2.67. The minimum Gasteiger partial charge on any atom is -0.397 e. The van der Waals surface area contributed by atoms with Crippen molar-refractivity contribution < 1.29 is 32.7 Å². The van der Waals surface area contributed by atoms with Gasteiger partial charge in [0.15, 0.2) is 0 Å². The number of nitrogens with two attached hydrogens (primary N) is 1. The zero-order valence-corrected chi connectivity index (χ0v) is 24.3. The fourth-order valence-corrected chi connectivity index (χ4v) is 5.46. The van der Waals surface area contributed by atoms with E-state index in [1.165, 1.54) is 12.8 Å². The number of piperidine rings is 1. The normalized spacial score (nSPS) is 14.8. The average molecular weight is 565 g/mol. The van der Waals surface area contributed by atoms with Crippen LogP contribution in [0.15, 0.2) is 60.8 Å². The molecule has 2 N–H and O–H groups in total. The molecule has 1 aliphatic heterocycles. The maximum Gasteiger partial charge on any atom is 0.131 e. The first-order chi connectivity index (χ1) is 17.6. The average Bonchev–Trinajstić information content (AvgIpc) is 3.29. The number of aryl methyl sites for hydroxylation is 1. The zero-order chi connectivity index (χ0) is 24.6. The summed E-state index contributed by atoms with van der Waals surface area (Å²) in [5, 5.41) is 5.67. The predicted molar refractivity (Wildman–Crippen MR) is 146 cm³/mol. The minimum atomic E-state index is 0. The molecule has 1 aliphatic rings. The summed E-state index contributed by atoms with van der Waals surface area (Å²) in [5.41, 5.74) is 14.0. The Morgan fingerprint density at radius 3 is 2.57 bits per heavy atom. The largest absolute Gasteiger partial charge is 0.397 e. The van der Waals surface area contributed by atoms with Crippen LogP contribution in [0.5, 0.6) is 0 Å². The van der Waals surface area contributed by atoms with Crippen LogP contribution >= 0.6 is 0 Å². The number of benzene rings is 2. The van der Waals surface area contributed by atoms with Crippen LogP contribution in [0, 0.1) is 18.9 Å². The summed E-state index contributed by atoms with van der Waals surface area (Å²) in [5.74, 6) is 1.59. The van der Waals surface area contributed by atoms with Crippen LogP contribution in [0.25, 0.3) is 38.9 Å². The van der Waals surface area contributed by atoms with Crippen molar-refractivity contribution in [1.82, 2.24) is 24.5 Å². The summed E-state index contributed by atoms with van der Waals surface area (Å²) in [4.78, 5) is 12.7. The van der Waals surface area contributed by atoms with Gasteiger partial charge in [-0.3, -0.25) is 0 Å². The third kappa shape index (κ3) is 4.95. The molecular formula is C30H31N6Y-. The Bertz CT molecular complexity index is 1540. The maximum atomic E-state index is 6.51. The van der Waals surface area contributed by atoms with Gasteiger partial charge in [0.1, 0.15) is 11.3 Å². The molecule has 1 radical (unpaired) electrons. The molecule has 1 fully saturated rings. The molecule has 37 heavy (non-hydrogen) atoms. The first-order valence-corrected chi connectivity index (χ1v) is 12.8. The van der Waals surface area contributed by atoms with E-state index < -0.39 is 0 Å². The molecule has 7 heteroatoms. The van der Waals surface area contributed by atoms with Crippen LogP contribution in [0.2, 0.25) is 0 Å². The molecule has 185 valence electrons. The molecule has 1 saturated heterocycles. The van der Waals surface area contributed by atoms with Crippen molar-refractivity contribution in [3.8, 4) is 22.5 Å². The van der Waals surface area contributed by atoms with Crippen molar-refractivity contribution >= 4 is 22.1 Å². The Labute approximate surface area is 243 Å². The van der Waals surface area contributed by atoms with Gasteiger partial charge in [0.05, 0.1) is 17.6 Å². The van der Waals surface area contributed by atoms with Gasteiger partial charge in [-0.25, -0.2) is 9.50 Å². The standard InChI is InChI=1S/C30H31N6.Y/c1-3-35-17-14-21(15-18-35)19-27-34-29(30-25(31)13-16-32-36(27)30)24-11-9-23-10-12-26(33-28(23)20(24)2)22-7-5-4-6-8-22;/h4-9,11-13,16,21H,3,14-15,17-19,31H2,1-2H3;/q-1;. The van der Waals surface area contributed by atoms with Gasteiger partial charge < -0.3 is 15.6 Å². The number of hydrogen-bond donors (Lipinski definition) is 1. The number of likely N-dealkylation sites (tertiary alicyclic amines) is 1. The van der Waals surface area contributed by atoms with Crippen molar-refractivity contribution in [1.29, 1.82) is 0 Å². The molecule has 3 aromatic heterocycles. The van der Waals surface area contributed by atoms with Crippen molar-refractivity contribution in [3.05, 3.63) is 78.2 Å². The number of fused-ring (bicyclic) bond motifs is 2. The number of imidazole rings is 1. The van der Waals surface area contributed by atoms with E-state index in [1.807, 2.05) is 34.8 Å². The molecule has 6 rings (SSSR count). The zero-order valence-electron chi connectivity index (χ0n) is 21.5. The summed E-state index contributed by atoms with van der Waals surface area (Å²) in [6, 6.07) is 21.7. The summed E-state index contributed by atoms with van der Waals surface area (Å²) in [6.45, 7) is 7.79. The van der Waals surface area contributed by atoms with Crippen LogP contribution in [0.1, 0.15) is 31.2 Å². The summed E-state index contributed by atoms with van der Waals surface area (Å²) in [6.07, 6.45) is 5.06. The second-order valence-electron chi connectivity index (χ2n) is 9.79. The van der Waals surface area contributed by atoms with E-state index in [1.54, 1.807) is 6.20 Å². The third-order valence-electron chi connectivity index (χ3n) is 7.61. The molecule has 6 nitrogen and oxygen atoms in total. The monoisotopic (exact) mass is 564 g/mol. The van der Waals surface area contributed by atoms with Gasteiger partial charge in [-0.05, 0) is 73.7 Å². The van der Waals surface area contributed by atoms with Gasteiger partial charge in [0.2, 0.25) is 0 Å². The number of pyridine rings is 1. The van der Waals surface area contributed by atoms with Gasteiger partial charge in [0, 0.05) is 39.1 Å². The SMILES string of the molecule is CCN1CCC(Cc2nc(-c3ccc4[c-]cc(-c5ccccc5)nc4c3C)c3c(N)ccnn23)CC1.[Y]. The van der Waals surface area contributed by atoms with Crippen LogP contribution in [0.4, 0.5) is 5.69 Å². The molecule has 0 aliphatic carbocycles. The van der Waals surface area contributed by atoms with Gasteiger partial charge in [-0.2, -0.15) is 5.10 Å². The Balaban J connectivity index is 0.00000280. The Morgan fingerprint density at radius 1 is 1.03 bits per heavy atom. The van der Waals surface area contributed by atoms with Crippen LogP contribution in [-0.4, -0.2) is 44.1 Å². The molecule has 5 aromatic rings. The summed E-state index contributed by atoms with van der Waals surface area (Å²) >= 11 is 0. The quantitative estimate of drug-likeness (QED) is 0.283. The fourth-order valence-electron chi connectivity index (χ4n) is 5.46. The second kappa shape index (κ2) is 11.0. The van der Waals surface area contributed by atoms with E-state index >= 15 is 0 Å². The first-order valence-electron chi connectivity index (χ1n) is 12.8. The third-order valence-corrected chi connectivity index (χ3v) is 7.61. The minimum absolute atomic E-state index is 0. The number of hydrogen-bond acceptors (Lipinski definition) is 5. The van der Waals surface area contributed by atoms with Crippen molar-refractivity contribution in [3.63, 3.8) is 0 Å². The smallest absolute Gasteiger partial charge is 0.131 e. The number of anilines is 1. The van der Waals surface area contributed by atoms with Gasteiger partial charge >= 0.3 is 0 Å². The number of aromatic nitrogens is 4. The molecule has 2 aromatic carbocycles.